The summed E-state index contributed by atoms with van der Waals surface area (Å²) in [7, 11) is -3.78. The minimum atomic E-state index is -3.78. The van der Waals surface area contributed by atoms with Gasteiger partial charge in [-0.15, -0.1) is 22.0 Å². The van der Waals surface area contributed by atoms with Gasteiger partial charge in [-0.3, -0.25) is 9.52 Å². The molecule has 2 aromatic carbocycles. The SMILES string of the molecule is CCC(Sc1ccc(Cl)cc1)C(=O)Nc1ccc(S(=O)(=O)Nc2nnc(C)s2)cc1. The van der Waals surface area contributed by atoms with E-state index in [1.807, 2.05) is 19.1 Å². The molecule has 1 heterocycles. The van der Waals surface area contributed by atoms with E-state index in [0.29, 0.717) is 22.1 Å². The highest BCUT2D eigenvalue weighted by Crippen LogP contribution is 2.28. The Morgan fingerprint density at radius 1 is 1.13 bits per heavy atom. The number of aryl methyl sites for hydroxylation is 1. The molecule has 0 spiro atoms. The number of carbonyl (C=O) groups is 1. The number of benzene rings is 2. The van der Waals surface area contributed by atoms with Gasteiger partial charge >= 0.3 is 0 Å². The van der Waals surface area contributed by atoms with Crippen molar-refractivity contribution < 1.29 is 13.2 Å². The number of hydrogen-bond donors (Lipinski definition) is 2. The lowest BCUT2D eigenvalue weighted by Crippen LogP contribution is -2.24. The van der Waals surface area contributed by atoms with Gasteiger partial charge in [-0.2, -0.15) is 0 Å². The Hall–Kier alpha value is -2.14. The largest absolute Gasteiger partial charge is 0.325 e. The van der Waals surface area contributed by atoms with Crippen molar-refractivity contribution >= 4 is 61.4 Å². The summed E-state index contributed by atoms with van der Waals surface area (Å²) in [4.78, 5) is 13.6. The molecule has 0 aliphatic rings. The molecule has 1 unspecified atom stereocenters. The maximum atomic E-state index is 12.6. The predicted molar refractivity (Wildman–Crippen MR) is 122 cm³/mol. The summed E-state index contributed by atoms with van der Waals surface area (Å²) < 4.78 is 27.3. The van der Waals surface area contributed by atoms with Crippen LogP contribution in [0.25, 0.3) is 0 Å². The molecule has 0 radical (unpaired) electrons. The van der Waals surface area contributed by atoms with Crippen molar-refractivity contribution in [3.8, 4) is 0 Å². The number of anilines is 2. The monoisotopic (exact) mass is 482 g/mol. The summed E-state index contributed by atoms with van der Waals surface area (Å²) in [6, 6.07) is 13.3. The number of hydrogen-bond acceptors (Lipinski definition) is 7. The van der Waals surface area contributed by atoms with Crippen molar-refractivity contribution in [2.24, 2.45) is 0 Å². The zero-order valence-corrected chi connectivity index (χ0v) is 19.3. The molecule has 158 valence electrons. The van der Waals surface area contributed by atoms with Crippen molar-refractivity contribution in [1.82, 2.24) is 10.2 Å². The molecule has 3 aromatic rings. The molecule has 0 aliphatic carbocycles. The smallest absolute Gasteiger partial charge is 0.263 e. The highest BCUT2D eigenvalue weighted by molar-refractivity contribution is 8.00. The highest BCUT2D eigenvalue weighted by Gasteiger charge is 2.19. The van der Waals surface area contributed by atoms with Crippen LogP contribution in [0.5, 0.6) is 0 Å². The molecule has 30 heavy (non-hydrogen) atoms. The van der Waals surface area contributed by atoms with Gasteiger partial charge in [0, 0.05) is 15.6 Å². The average molecular weight is 483 g/mol. The molecule has 0 aliphatic heterocycles. The van der Waals surface area contributed by atoms with E-state index in [9.17, 15) is 13.2 Å². The first kappa shape index (κ1) is 22.5. The maximum absolute atomic E-state index is 12.6. The number of aromatic nitrogens is 2. The van der Waals surface area contributed by atoms with Gasteiger partial charge in [-0.05, 0) is 61.9 Å². The number of sulfonamides is 1. The minimum absolute atomic E-state index is 0.0657. The fraction of sp³-hybridized carbons (Fsp3) is 0.211. The molecule has 0 bridgehead atoms. The normalized spacial score (nSPS) is 12.4. The third-order valence-corrected chi connectivity index (χ3v) is 7.80. The lowest BCUT2D eigenvalue weighted by Gasteiger charge is -2.15. The van der Waals surface area contributed by atoms with Gasteiger partial charge in [0.15, 0.2) is 0 Å². The summed E-state index contributed by atoms with van der Waals surface area (Å²) in [6.45, 7) is 3.67. The second kappa shape index (κ2) is 9.78. The predicted octanol–water partition coefficient (Wildman–Crippen LogP) is 4.81. The third-order valence-electron chi connectivity index (χ3n) is 3.94. The molecular formula is C19H19ClN4O3S3. The van der Waals surface area contributed by atoms with Crippen LogP contribution in [0.4, 0.5) is 10.8 Å². The molecule has 1 aromatic heterocycles. The molecule has 11 heteroatoms. The van der Waals surface area contributed by atoms with Crippen LogP contribution in [-0.4, -0.2) is 29.8 Å². The lowest BCUT2D eigenvalue weighted by atomic mass is 10.3. The van der Waals surface area contributed by atoms with E-state index in [-0.39, 0.29) is 21.2 Å². The number of nitrogens with one attached hydrogen (secondary N) is 2. The molecule has 3 rings (SSSR count). The molecule has 7 nitrogen and oxygen atoms in total. The van der Waals surface area contributed by atoms with E-state index in [2.05, 4.69) is 20.2 Å². The van der Waals surface area contributed by atoms with E-state index in [4.69, 9.17) is 11.6 Å². The summed E-state index contributed by atoms with van der Waals surface area (Å²) in [5.74, 6) is -0.157. The topological polar surface area (TPSA) is 101 Å². The number of nitrogens with zero attached hydrogens (tertiary/aromatic N) is 2. The van der Waals surface area contributed by atoms with Gasteiger partial charge in [-0.25, -0.2) is 8.42 Å². The first-order valence-electron chi connectivity index (χ1n) is 8.93. The Kier molecular flexibility index (Phi) is 7.35. The fourth-order valence-corrected chi connectivity index (χ4v) is 5.35. The number of thioether (sulfide) groups is 1. The Balaban J connectivity index is 1.65. The first-order chi connectivity index (χ1) is 14.3. The third kappa shape index (κ3) is 5.94. The van der Waals surface area contributed by atoms with Crippen LogP contribution in [0.1, 0.15) is 18.4 Å². The van der Waals surface area contributed by atoms with Gasteiger partial charge < -0.3 is 5.32 Å². The lowest BCUT2D eigenvalue weighted by molar-refractivity contribution is -0.115. The van der Waals surface area contributed by atoms with Gasteiger partial charge in [-0.1, -0.05) is 29.9 Å². The van der Waals surface area contributed by atoms with Gasteiger partial charge in [0.1, 0.15) is 5.01 Å². The molecule has 0 fully saturated rings. The molecule has 1 amide bonds. The first-order valence-corrected chi connectivity index (χ1v) is 12.5. The van der Waals surface area contributed by atoms with E-state index in [0.717, 1.165) is 16.2 Å². The summed E-state index contributed by atoms with van der Waals surface area (Å²) in [6.07, 6.45) is 0.636. The van der Waals surface area contributed by atoms with E-state index < -0.39 is 10.0 Å². The zero-order valence-electron chi connectivity index (χ0n) is 16.1. The standard InChI is InChI=1S/C19H19ClN4O3S3/c1-3-17(29-15-8-4-13(20)5-9-15)18(25)21-14-6-10-16(11-7-14)30(26,27)24-19-23-22-12(2)28-19/h4-11,17H,3H2,1-2H3,(H,21,25)(H,23,24). The van der Waals surface area contributed by atoms with Crippen LogP contribution in [0.3, 0.4) is 0 Å². The summed E-state index contributed by atoms with van der Waals surface area (Å²) in [5.41, 5.74) is 0.515. The van der Waals surface area contributed by atoms with Crippen LogP contribution in [0.15, 0.2) is 58.3 Å². The van der Waals surface area contributed by atoms with Gasteiger partial charge in [0.25, 0.3) is 10.0 Å². The van der Waals surface area contributed by atoms with Crippen LogP contribution >= 0.6 is 34.7 Å². The second-order valence-electron chi connectivity index (χ2n) is 6.21. The van der Waals surface area contributed by atoms with Gasteiger partial charge in [0.05, 0.1) is 10.1 Å². The van der Waals surface area contributed by atoms with Crippen molar-refractivity contribution in [3.63, 3.8) is 0 Å². The zero-order chi connectivity index (χ0) is 21.7. The van der Waals surface area contributed by atoms with Crippen molar-refractivity contribution in [2.45, 2.75) is 35.3 Å². The second-order valence-corrected chi connectivity index (χ2v) is 10.8. The van der Waals surface area contributed by atoms with Crippen molar-refractivity contribution in [2.75, 3.05) is 10.0 Å². The van der Waals surface area contributed by atoms with E-state index in [1.165, 1.54) is 23.9 Å². The van der Waals surface area contributed by atoms with E-state index >= 15 is 0 Å². The Morgan fingerprint density at radius 3 is 2.37 bits per heavy atom. The van der Waals surface area contributed by atoms with Crippen LogP contribution in [0.2, 0.25) is 5.02 Å². The molecule has 0 saturated carbocycles. The molecule has 1 atom stereocenters. The Morgan fingerprint density at radius 2 is 1.80 bits per heavy atom. The maximum Gasteiger partial charge on any atom is 0.263 e. The summed E-state index contributed by atoms with van der Waals surface area (Å²) >= 11 is 8.50. The van der Waals surface area contributed by atoms with Crippen LogP contribution in [-0.2, 0) is 14.8 Å². The average Bonchev–Trinajstić information content (AvgIpc) is 3.11. The van der Waals surface area contributed by atoms with E-state index in [1.54, 1.807) is 31.2 Å². The minimum Gasteiger partial charge on any atom is -0.325 e. The fourth-order valence-electron chi connectivity index (χ4n) is 2.45. The quantitative estimate of drug-likeness (QED) is 0.447. The Bertz CT molecular complexity index is 1120. The number of rotatable bonds is 8. The van der Waals surface area contributed by atoms with Crippen LogP contribution < -0.4 is 10.0 Å². The number of carbonyl (C=O) groups excluding carboxylic acids is 1. The van der Waals surface area contributed by atoms with Crippen molar-refractivity contribution in [3.05, 3.63) is 58.6 Å². The molecular weight excluding hydrogens is 464 g/mol. The molecule has 0 saturated heterocycles. The number of halogens is 1. The van der Waals surface area contributed by atoms with Crippen LogP contribution in [0, 0.1) is 6.92 Å². The highest BCUT2D eigenvalue weighted by atomic mass is 35.5. The number of amides is 1. The van der Waals surface area contributed by atoms with Crippen molar-refractivity contribution in [1.29, 1.82) is 0 Å². The summed E-state index contributed by atoms with van der Waals surface area (Å²) in [5, 5.41) is 11.6. The van der Waals surface area contributed by atoms with Gasteiger partial charge in [0.2, 0.25) is 11.0 Å². The molecule has 2 N–H and O–H groups in total. The Labute approximate surface area is 188 Å².